The largest absolute Gasteiger partial charge is 0.510 e. The van der Waals surface area contributed by atoms with Crippen molar-refractivity contribution in [1.82, 2.24) is 20.3 Å². The normalized spacial score (nSPS) is 25.3. The van der Waals surface area contributed by atoms with E-state index in [1.807, 2.05) is 13.0 Å². The van der Waals surface area contributed by atoms with Gasteiger partial charge in [-0.25, -0.2) is 0 Å². The molecule has 3 aliphatic rings. The van der Waals surface area contributed by atoms with Crippen LogP contribution in [0.25, 0.3) is 35.6 Å². The number of aliphatic hydroxyl groups excluding tert-OH is 1. The SMILES string of the molecule is C=Cc1c2[nH]c(c1C)/C=C1\NC(C3=c4[nH]c(c(C)c4=C(O)[C@@H]3C(=O)OC)/C=c3\[nH]/c(c(C)c3CC)=C\2)[C@@H](CCC)[C@@H]1C. The Hall–Kier alpha value is -4.13. The predicted octanol–water partition coefficient (Wildman–Crippen LogP) is 3.46. The summed E-state index contributed by atoms with van der Waals surface area (Å²) in [4.78, 5) is 24.3. The summed E-state index contributed by atoms with van der Waals surface area (Å²) in [6.07, 6.45) is 11.3. The molecule has 42 heavy (non-hydrogen) atoms. The third kappa shape index (κ3) is 3.97. The van der Waals surface area contributed by atoms with Gasteiger partial charge in [0.2, 0.25) is 0 Å². The Morgan fingerprint density at radius 3 is 2.38 bits per heavy atom. The highest BCUT2D eigenvalue weighted by molar-refractivity contribution is 5.95. The molecule has 5 heterocycles. The van der Waals surface area contributed by atoms with Gasteiger partial charge in [-0.05, 0) is 85.6 Å². The first kappa shape index (κ1) is 28.0. The number of ether oxygens (including phenoxy) is 1. The Balaban J connectivity index is 1.75. The van der Waals surface area contributed by atoms with Gasteiger partial charge in [0.05, 0.1) is 18.5 Å². The molecular formula is C35H42N4O3. The number of carbonyl (C=O) groups is 1. The van der Waals surface area contributed by atoms with E-state index in [2.05, 4.69) is 79.7 Å². The van der Waals surface area contributed by atoms with Crippen LogP contribution in [-0.4, -0.2) is 39.2 Å². The molecule has 1 unspecified atom stereocenters. The Morgan fingerprint density at radius 2 is 1.71 bits per heavy atom. The minimum atomic E-state index is -0.849. The maximum atomic E-state index is 13.3. The van der Waals surface area contributed by atoms with E-state index in [1.165, 1.54) is 18.2 Å². The number of aromatic nitrogens is 3. The molecule has 3 aromatic rings. The minimum absolute atomic E-state index is 0.0661. The first-order valence-electron chi connectivity index (χ1n) is 15.1. The number of nitrogens with one attached hydrogen (secondary N) is 4. The van der Waals surface area contributed by atoms with Crippen LogP contribution in [0.5, 0.6) is 0 Å². The van der Waals surface area contributed by atoms with Gasteiger partial charge in [0.15, 0.2) is 0 Å². The number of allylic oxidation sites excluding steroid dienone is 1. The van der Waals surface area contributed by atoms with Crippen LogP contribution in [0.3, 0.4) is 0 Å². The lowest BCUT2D eigenvalue weighted by atomic mass is 9.80. The molecule has 6 rings (SSSR count). The Morgan fingerprint density at radius 1 is 1.00 bits per heavy atom. The summed E-state index contributed by atoms with van der Waals surface area (Å²) in [6.45, 7) is 17.1. The number of carbonyl (C=O) groups excluding carboxylic acids is 1. The monoisotopic (exact) mass is 566 g/mol. The van der Waals surface area contributed by atoms with E-state index < -0.39 is 11.9 Å². The second-order valence-corrected chi connectivity index (χ2v) is 12.1. The molecule has 4 atom stereocenters. The van der Waals surface area contributed by atoms with Crippen LogP contribution in [0.15, 0.2) is 12.3 Å². The van der Waals surface area contributed by atoms with Crippen LogP contribution in [0, 0.1) is 38.5 Å². The number of aliphatic hydroxyl groups is 1. The van der Waals surface area contributed by atoms with Gasteiger partial charge in [-0.15, -0.1) is 0 Å². The Bertz CT molecular complexity index is 1910. The van der Waals surface area contributed by atoms with Gasteiger partial charge >= 0.3 is 5.97 Å². The lowest BCUT2D eigenvalue weighted by molar-refractivity contribution is -0.142. The number of esters is 1. The first-order valence-corrected chi connectivity index (χ1v) is 15.1. The van der Waals surface area contributed by atoms with Gasteiger partial charge in [0, 0.05) is 50.2 Å². The maximum Gasteiger partial charge on any atom is 0.320 e. The van der Waals surface area contributed by atoms with Crippen LogP contribution in [-0.2, 0) is 16.0 Å². The lowest BCUT2D eigenvalue weighted by Gasteiger charge is -2.26. The summed E-state index contributed by atoms with van der Waals surface area (Å²) in [5.41, 5.74) is 10.5. The summed E-state index contributed by atoms with van der Waals surface area (Å²) < 4.78 is 5.26. The molecule has 3 aromatic heterocycles. The number of aromatic amines is 3. The van der Waals surface area contributed by atoms with Gasteiger partial charge in [0.25, 0.3) is 0 Å². The molecule has 220 valence electrons. The van der Waals surface area contributed by atoms with Crippen molar-refractivity contribution in [1.29, 1.82) is 0 Å². The highest BCUT2D eigenvalue weighted by atomic mass is 16.5. The van der Waals surface area contributed by atoms with Crippen molar-refractivity contribution < 1.29 is 14.6 Å². The van der Waals surface area contributed by atoms with E-state index in [0.717, 1.165) is 80.4 Å². The number of hydrogen-bond donors (Lipinski definition) is 5. The highest BCUT2D eigenvalue weighted by Gasteiger charge is 2.46. The van der Waals surface area contributed by atoms with Crippen molar-refractivity contribution in [3.8, 4) is 0 Å². The molecule has 0 saturated carbocycles. The van der Waals surface area contributed by atoms with Gasteiger partial charge in [0.1, 0.15) is 11.7 Å². The summed E-state index contributed by atoms with van der Waals surface area (Å²) in [6, 6.07) is -0.150. The summed E-state index contributed by atoms with van der Waals surface area (Å²) in [5.74, 6) is -0.780. The second kappa shape index (κ2) is 10.3. The highest BCUT2D eigenvalue weighted by Crippen LogP contribution is 2.42. The van der Waals surface area contributed by atoms with Gasteiger partial charge in [-0.1, -0.05) is 39.8 Å². The average Bonchev–Trinajstić information content (AvgIpc) is 3.70. The van der Waals surface area contributed by atoms with Crippen molar-refractivity contribution in [2.45, 2.75) is 66.8 Å². The van der Waals surface area contributed by atoms with E-state index in [0.29, 0.717) is 5.22 Å². The van der Waals surface area contributed by atoms with Gasteiger partial charge < -0.3 is 30.1 Å². The van der Waals surface area contributed by atoms with Crippen LogP contribution in [0.1, 0.15) is 78.5 Å². The zero-order chi connectivity index (χ0) is 30.0. The maximum absolute atomic E-state index is 13.3. The molecule has 0 aromatic carbocycles. The van der Waals surface area contributed by atoms with Crippen molar-refractivity contribution in [2.75, 3.05) is 7.11 Å². The van der Waals surface area contributed by atoms with E-state index in [4.69, 9.17) is 4.74 Å². The molecular weight excluding hydrogens is 524 g/mol. The molecule has 2 aliphatic heterocycles. The fourth-order valence-corrected chi connectivity index (χ4v) is 7.61. The molecule has 1 aliphatic carbocycles. The summed E-state index contributed by atoms with van der Waals surface area (Å²) in [5, 5.41) is 19.1. The number of H-pyrrole nitrogens is 3. The van der Waals surface area contributed by atoms with E-state index in [9.17, 15) is 9.90 Å². The fraction of sp³-hybridized carbons (Fsp3) is 0.400. The molecule has 7 nitrogen and oxygen atoms in total. The molecule has 8 bridgehead atoms. The zero-order valence-corrected chi connectivity index (χ0v) is 25.7. The second-order valence-electron chi connectivity index (χ2n) is 12.1. The summed E-state index contributed by atoms with van der Waals surface area (Å²) >= 11 is 0. The van der Waals surface area contributed by atoms with E-state index in [-0.39, 0.29) is 23.6 Å². The quantitative estimate of drug-likeness (QED) is 0.305. The predicted molar refractivity (Wildman–Crippen MR) is 169 cm³/mol. The average molecular weight is 567 g/mol. The molecule has 0 spiro atoms. The Kier molecular flexibility index (Phi) is 6.87. The first-order chi connectivity index (χ1) is 20.1. The van der Waals surface area contributed by atoms with Crippen LogP contribution in [0.2, 0.25) is 0 Å². The third-order valence-electron chi connectivity index (χ3n) is 9.95. The lowest BCUT2D eigenvalue weighted by Crippen LogP contribution is -2.37. The van der Waals surface area contributed by atoms with Crippen molar-refractivity contribution in [3.05, 3.63) is 78.4 Å². The molecule has 1 fully saturated rings. The van der Waals surface area contributed by atoms with Crippen molar-refractivity contribution >= 4 is 41.6 Å². The molecule has 5 N–H and O–H groups in total. The van der Waals surface area contributed by atoms with Crippen LogP contribution < -0.4 is 26.6 Å². The molecule has 1 saturated heterocycles. The smallest absolute Gasteiger partial charge is 0.320 e. The fourth-order valence-electron chi connectivity index (χ4n) is 7.61. The number of rotatable bonds is 5. The van der Waals surface area contributed by atoms with Gasteiger partial charge in [-0.2, -0.15) is 0 Å². The van der Waals surface area contributed by atoms with Gasteiger partial charge in [-0.3, -0.25) is 4.79 Å². The van der Waals surface area contributed by atoms with Crippen LogP contribution in [0.4, 0.5) is 0 Å². The number of methoxy groups -OCH3 is 1. The van der Waals surface area contributed by atoms with E-state index in [1.54, 1.807) is 0 Å². The topological polar surface area (TPSA) is 106 Å². The molecule has 7 heteroatoms. The van der Waals surface area contributed by atoms with Crippen molar-refractivity contribution in [3.63, 3.8) is 0 Å². The minimum Gasteiger partial charge on any atom is -0.510 e. The summed E-state index contributed by atoms with van der Waals surface area (Å²) in [7, 11) is 1.39. The number of fused-ring (bicyclic) bond motifs is 8. The van der Waals surface area contributed by atoms with Crippen LogP contribution >= 0.6 is 0 Å². The zero-order valence-electron chi connectivity index (χ0n) is 25.7. The molecule has 0 radical (unpaired) electrons. The number of hydrogen-bond acceptors (Lipinski definition) is 4. The van der Waals surface area contributed by atoms with E-state index >= 15 is 0 Å². The van der Waals surface area contributed by atoms with Crippen molar-refractivity contribution in [2.24, 2.45) is 17.8 Å². The molecule has 0 amide bonds. The standard InChI is InChI=1S/C35H42N4O3/c1-9-12-22-18(6)25-13-23-16(4)20(10-2)27(36-23)14-24-17(5)21(11-3)28(37-24)15-26-19(7)29-33(39-26)30(32(22)38-25)31(34(29)40)35(41)42-8/h10,13-15,18,22,31-32,36-40H,2,9,11-12H2,1,3-8H3/b24-14-,25-13-,28-15-/t18-,22-,31+,32?/m0/s1. The Labute approximate surface area is 246 Å². The third-order valence-corrected chi connectivity index (χ3v) is 9.95.